The normalized spacial score (nSPS) is 24.3. The third-order valence-electron chi connectivity index (χ3n) is 5.83. The van der Waals surface area contributed by atoms with E-state index < -0.39 is 0 Å². The number of halogens is 1. The van der Waals surface area contributed by atoms with E-state index in [2.05, 4.69) is 33.0 Å². The Labute approximate surface area is 162 Å². The minimum atomic E-state index is 0.0343. The van der Waals surface area contributed by atoms with E-state index in [4.69, 9.17) is 0 Å². The lowest BCUT2D eigenvalue weighted by atomic mass is 9.82. The van der Waals surface area contributed by atoms with Crippen LogP contribution in [0.4, 0.5) is 5.69 Å². The smallest absolute Gasteiger partial charge is 0.227 e. The van der Waals surface area contributed by atoms with Gasteiger partial charge in [0, 0.05) is 29.7 Å². The zero-order valence-corrected chi connectivity index (χ0v) is 16.4. The second-order valence-electron chi connectivity index (χ2n) is 7.21. The van der Waals surface area contributed by atoms with E-state index in [0.29, 0.717) is 6.42 Å². The SMILES string of the molecule is CN1c2ccc(Br)cc2[C@H]2[C@H](CCN2C(=O)Cc2ccccc2)[C@H]1CO. The van der Waals surface area contributed by atoms with Gasteiger partial charge in [-0.3, -0.25) is 4.79 Å². The molecule has 0 spiro atoms. The number of likely N-dealkylation sites (tertiary alicyclic amines) is 1. The fraction of sp³-hybridized carbons (Fsp3) is 0.381. The first-order valence-electron chi connectivity index (χ1n) is 9.06. The van der Waals surface area contributed by atoms with Gasteiger partial charge in [-0.15, -0.1) is 0 Å². The fourth-order valence-corrected chi connectivity index (χ4v) is 4.96. The number of nitrogens with zero attached hydrogens (tertiary/aromatic N) is 2. The number of amides is 1. The summed E-state index contributed by atoms with van der Waals surface area (Å²) in [5, 5.41) is 9.99. The zero-order chi connectivity index (χ0) is 18.3. The van der Waals surface area contributed by atoms with E-state index in [1.807, 2.05) is 48.3 Å². The second-order valence-corrected chi connectivity index (χ2v) is 8.13. The van der Waals surface area contributed by atoms with Crippen LogP contribution in [0.1, 0.15) is 23.6 Å². The van der Waals surface area contributed by atoms with Gasteiger partial charge >= 0.3 is 0 Å². The van der Waals surface area contributed by atoms with Gasteiger partial charge in [-0.1, -0.05) is 46.3 Å². The van der Waals surface area contributed by atoms with Crippen molar-refractivity contribution in [1.82, 2.24) is 4.90 Å². The standard InChI is InChI=1S/C21H23BrN2O2/c1-23-18-8-7-15(22)12-17(18)21-16(19(23)13-25)9-10-24(21)20(26)11-14-5-3-2-4-6-14/h2-8,12,16,19,21,25H,9-11,13H2,1H3/t16-,19-,21-/m1/s1. The van der Waals surface area contributed by atoms with Gasteiger partial charge in [0.15, 0.2) is 0 Å². The maximum atomic E-state index is 13.1. The Kier molecular flexibility index (Phi) is 4.76. The van der Waals surface area contributed by atoms with Crippen molar-refractivity contribution in [1.29, 1.82) is 0 Å². The quantitative estimate of drug-likeness (QED) is 0.836. The first kappa shape index (κ1) is 17.6. The van der Waals surface area contributed by atoms with Crippen molar-refractivity contribution < 1.29 is 9.90 Å². The molecule has 0 aliphatic carbocycles. The van der Waals surface area contributed by atoms with Gasteiger partial charge in [0.1, 0.15) is 0 Å². The highest BCUT2D eigenvalue weighted by Gasteiger charge is 2.47. The molecule has 1 saturated heterocycles. The lowest BCUT2D eigenvalue weighted by Crippen LogP contribution is -2.48. The molecule has 2 heterocycles. The summed E-state index contributed by atoms with van der Waals surface area (Å²) >= 11 is 3.58. The van der Waals surface area contributed by atoms with Gasteiger partial charge in [-0.25, -0.2) is 0 Å². The minimum Gasteiger partial charge on any atom is -0.394 e. The minimum absolute atomic E-state index is 0.0343. The molecule has 0 unspecified atom stereocenters. The Morgan fingerprint density at radius 3 is 2.73 bits per heavy atom. The summed E-state index contributed by atoms with van der Waals surface area (Å²) in [7, 11) is 2.04. The van der Waals surface area contributed by atoms with Crippen LogP contribution < -0.4 is 4.90 Å². The Hall–Kier alpha value is -1.85. The molecule has 136 valence electrons. The number of hydrogen-bond donors (Lipinski definition) is 1. The molecule has 1 amide bonds. The summed E-state index contributed by atoms with van der Waals surface area (Å²) in [5.41, 5.74) is 3.32. The molecule has 2 aliphatic rings. The third-order valence-corrected chi connectivity index (χ3v) is 6.32. The second kappa shape index (κ2) is 7.05. The number of rotatable bonds is 3. The van der Waals surface area contributed by atoms with Gasteiger partial charge in [0.05, 0.1) is 25.1 Å². The number of hydrogen-bond acceptors (Lipinski definition) is 3. The summed E-state index contributed by atoms with van der Waals surface area (Å²) in [5.74, 6) is 0.419. The summed E-state index contributed by atoms with van der Waals surface area (Å²) in [6.45, 7) is 0.852. The Morgan fingerprint density at radius 1 is 1.23 bits per heavy atom. The van der Waals surface area contributed by atoms with Gasteiger partial charge in [0.2, 0.25) is 5.91 Å². The molecule has 0 bridgehead atoms. The van der Waals surface area contributed by atoms with Crippen molar-refractivity contribution in [3.05, 3.63) is 64.1 Å². The van der Waals surface area contributed by atoms with Gasteiger partial charge < -0.3 is 14.9 Å². The van der Waals surface area contributed by atoms with Crippen LogP contribution in [0, 0.1) is 5.92 Å². The van der Waals surface area contributed by atoms with E-state index in [0.717, 1.165) is 28.7 Å². The number of aliphatic hydroxyl groups excluding tert-OH is 1. The molecule has 1 fully saturated rings. The highest BCUT2D eigenvalue weighted by atomic mass is 79.9. The molecule has 2 aliphatic heterocycles. The van der Waals surface area contributed by atoms with Crippen LogP contribution in [0.3, 0.4) is 0 Å². The lowest BCUT2D eigenvalue weighted by molar-refractivity contribution is -0.132. The van der Waals surface area contributed by atoms with Crippen LogP contribution in [-0.4, -0.2) is 42.2 Å². The predicted molar refractivity (Wildman–Crippen MR) is 106 cm³/mol. The molecule has 2 aromatic carbocycles. The van der Waals surface area contributed by atoms with E-state index in [-0.39, 0.29) is 30.5 Å². The molecule has 26 heavy (non-hydrogen) atoms. The van der Waals surface area contributed by atoms with Crippen molar-refractivity contribution in [2.24, 2.45) is 5.92 Å². The average Bonchev–Trinajstić information content (AvgIpc) is 3.08. The Morgan fingerprint density at radius 2 is 2.00 bits per heavy atom. The molecule has 0 saturated carbocycles. The molecule has 4 nitrogen and oxygen atoms in total. The molecule has 3 atom stereocenters. The highest BCUT2D eigenvalue weighted by molar-refractivity contribution is 9.10. The van der Waals surface area contributed by atoms with Gasteiger partial charge in [-0.2, -0.15) is 0 Å². The predicted octanol–water partition coefficient (Wildman–Crippen LogP) is 3.39. The first-order chi connectivity index (χ1) is 12.6. The fourth-order valence-electron chi connectivity index (χ4n) is 4.58. The first-order valence-corrected chi connectivity index (χ1v) is 9.86. The number of fused-ring (bicyclic) bond motifs is 3. The van der Waals surface area contributed by atoms with Crippen molar-refractivity contribution in [3.8, 4) is 0 Å². The van der Waals surface area contributed by atoms with Crippen molar-refractivity contribution in [2.75, 3.05) is 25.1 Å². The van der Waals surface area contributed by atoms with E-state index in [1.54, 1.807) is 0 Å². The molecular formula is C21H23BrN2O2. The zero-order valence-electron chi connectivity index (χ0n) is 14.8. The monoisotopic (exact) mass is 414 g/mol. The Bertz CT molecular complexity index is 811. The van der Waals surface area contributed by atoms with Crippen molar-refractivity contribution in [3.63, 3.8) is 0 Å². The maximum absolute atomic E-state index is 13.1. The number of aliphatic hydroxyl groups is 1. The van der Waals surface area contributed by atoms with E-state index in [1.165, 1.54) is 5.56 Å². The van der Waals surface area contributed by atoms with Crippen LogP contribution in [0.15, 0.2) is 53.0 Å². The number of benzene rings is 2. The van der Waals surface area contributed by atoms with Crippen LogP contribution in [-0.2, 0) is 11.2 Å². The molecule has 5 heteroatoms. The van der Waals surface area contributed by atoms with Gasteiger partial charge in [0.25, 0.3) is 0 Å². The third kappa shape index (κ3) is 2.93. The van der Waals surface area contributed by atoms with Crippen LogP contribution >= 0.6 is 15.9 Å². The summed E-state index contributed by atoms with van der Waals surface area (Å²) in [6, 6.07) is 16.2. The van der Waals surface area contributed by atoms with Crippen LogP contribution in [0.2, 0.25) is 0 Å². The summed E-state index contributed by atoms with van der Waals surface area (Å²) in [4.78, 5) is 17.3. The number of carbonyl (C=O) groups excluding carboxylic acids is 1. The van der Waals surface area contributed by atoms with Gasteiger partial charge in [-0.05, 0) is 35.7 Å². The van der Waals surface area contributed by atoms with Crippen molar-refractivity contribution >= 4 is 27.5 Å². The lowest BCUT2D eigenvalue weighted by Gasteiger charge is -2.44. The summed E-state index contributed by atoms with van der Waals surface area (Å²) in [6.07, 6.45) is 1.35. The highest BCUT2D eigenvalue weighted by Crippen LogP contribution is 2.49. The largest absolute Gasteiger partial charge is 0.394 e. The number of likely N-dealkylation sites (N-methyl/N-ethyl adjacent to an activating group) is 1. The molecule has 0 radical (unpaired) electrons. The molecule has 0 aromatic heterocycles. The van der Waals surface area contributed by atoms with E-state index in [9.17, 15) is 9.90 Å². The van der Waals surface area contributed by atoms with Crippen LogP contribution in [0.5, 0.6) is 0 Å². The average molecular weight is 415 g/mol. The maximum Gasteiger partial charge on any atom is 0.227 e. The van der Waals surface area contributed by atoms with Crippen molar-refractivity contribution in [2.45, 2.75) is 24.9 Å². The van der Waals surface area contributed by atoms with Crippen LogP contribution in [0.25, 0.3) is 0 Å². The Balaban J connectivity index is 1.69. The number of carbonyl (C=O) groups is 1. The molecular weight excluding hydrogens is 392 g/mol. The number of anilines is 1. The summed E-state index contributed by atoms with van der Waals surface area (Å²) < 4.78 is 1.02. The molecule has 1 N–H and O–H groups in total. The molecule has 2 aromatic rings. The van der Waals surface area contributed by atoms with E-state index >= 15 is 0 Å². The topological polar surface area (TPSA) is 43.8 Å². The molecule has 4 rings (SSSR count).